The van der Waals surface area contributed by atoms with Crippen LogP contribution in [0, 0.1) is 5.41 Å². The summed E-state index contributed by atoms with van der Waals surface area (Å²) >= 11 is 0. The van der Waals surface area contributed by atoms with E-state index < -0.39 is 0 Å². The highest BCUT2D eigenvalue weighted by Gasteiger charge is 2.18. The quantitative estimate of drug-likeness (QED) is 0.384. The largest absolute Gasteiger partial charge is 0.462 e. The molecule has 1 aromatic rings. The number of hydrogen-bond acceptors (Lipinski definition) is 3. The monoisotopic (exact) mass is 287 g/mol. The van der Waals surface area contributed by atoms with Crippen molar-refractivity contribution in [3.63, 3.8) is 0 Å². The van der Waals surface area contributed by atoms with Gasteiger partial charge in [-0.05, 0) is 49.1 Å². The summed E-state index contributed by atoms with van der Waals surface area (Å²) in [4.78, 5) is 15.8. The molecule has 0 atom stereocenters. The summed E-state index contributed by atoms with van der Waals surface area (Å²) < 4.78 is 5.34. The number of nitrogens with zero attached hydrogens (tertiary/aromatic N) is 1. The predicted molar refractivity (Wildman–Crippen MR) is 88.9 cm³/mol. The van der Waals surface area contributed by atoms with Crippen LogP contribution in [-0.2, 0) is 4.74 Å². The molecule has 0 heterocycles. The van der Waals surface area contributed by atoms with Gasteiger partial charge >= 0.3 is 5.97 Å². The van der Waals surface area contributed by atoms with Crippen molar-refractivity contribution in [2.24, 2.45) is 10.4 Å². The number of benzene rings is 1. The van der Waals surface area contributed by atoms with Gasteiger partial charge in [0.05, 0.1) is 12.2 Å². The number of aliphatic imine (C=N–C) groups is 1. The normalized spacial score (nSPS) is 11.0. The van der Waals surface area contributed by atoms with Crippen molar-refractivity contribution in [2.45, 2.75) is 33.1 Å². The second-order valence-electron chi connectivity index (χ2n) is 5.93. The van der Waals surface area contributed by atoms with E-state index in [9.17, 15) is 4.79 Å². The molecule has 0 aliphatic carbocycles. The molecule has 0 aliphatic rings. The summed E-state index contributed by atoms with van der Waals surface area (Å²) in [5.41, 5.74) is 1.72. The van der Waals surface area contributed by atoms with Crippen LogP contribution >= 0.6 is 0 Å². The van der Waals surface area contributed by atoms with Crippen LogP contribution in [0.4, 0.5) is 0 Å². The zero-order valence-corrected chi connectivity index (χ0v) is 13.1. The number of esters is 1. The molecule has 3 nitrogen and oxygen atoms in total. The molecule has 0 N–H and O–H groups in total. The van der Waals surface area contributed by atoms with Crippen LogP contribution in [0.3, 0.4) is 0 Å². The Kier molecular flexibility index (Phi) is 6.86. The van der Waals surface area contributed by atoms with Gasteiger partial charge in [-0.2, -0.15) is 0 Å². The summed E-state index contributed by atoms with van der Waals surface area (Å²) in [6, 6.07) is 7.24. The van der Waals surface area contributed by atoms with Crippen molar-refractivity contribution in [1.29, 1.82) is 0 Å². The van der Waals surface area contributed by atoms with Crippen LogP contribution in [0.25, 0.3) is 6.08 Å². The number of hydrogen-bond donors (Lipinski definition) is 0. The van der Waals surface area contributed by atoms with E-state index in [-0.39, 0.29) is 11.4 Å². The molecule has 0 spiro atoms. The summed E-state index contributed by atoms with van der Waals surface area (Å²) in [5, 5.41) is 0. The van der Waals surface area contributed by atoms with Crippen LogP contribution in [0.1, 0.15) is 49.0 Å². The first-order valence-corrected chi connectivity index (χ1v) is 7.30. The molecule has 114 valence electrons. The van der Waals surface area contributed by atoms with E-state index >= 15 is 0 Å². The van der Waals surface area contributed by atoms with Crippen molar-refractivity contribution < 1.29 is 9.53 Å². The lowest BCUT2D eigenvalue weighted by Crippen LogP contribution is -2.17. The summed E-state index contributed by atoms with van der Waals surface area (Å²) in [6.07, 6.45) is 4.67. The van der Waals surface area contributed by atoms with Crippen LogP contribution in [0.2, 0.25) is 0 Å². The molecule has 0 saturated heterocycles. The Morgan fingerprint density at radius 2 is 1.95 bits per heavy atom. The van der Waals surface area contributed by atoms with Crippen LogP contribution in [0.15, 0.2) is 35.8 Å². The molecule has 3 heteroatoms. The van der Waals surface area contributed by atoms with Crippen LogP contribution < -0.4 is 0 Å². The van der Waals surface area contributed by atoms with E-state index in [1.807, 2.05) is 12.1 Å². The van der Waals surface area contributed by atoms with Crippen molar-refractivity contribution in [2.75, 3.05) is 13.2 Å². The topological polar surface area (TPSA) is 38.7 Å². The van der Waals surface area contributed by atoms with E-state index in [2.05, 4.69) is 32.1 Å². The molecule has 0 saturated carbocycles. The van der Waals surface area contributed by atoms with Gasteiger partial charge in [0.25, 0.3) is 0 Å². The van der Waals surface area contributed by atoms with Gasteiger partial charge in [-0.1, -0.05) is 38.6 Å². The third-order valence-corrected chi connectivity index (χ3v) is 3.56. The fourth-order valence-electron chi connectivity index (χ4n) is 2.05. The van der Waals surface area contributed by atoms with E-state index in [0.29, 0.717) is 12.2 Å². The minimum Gasteiger partial charge on any atom is -0.462 e. The minimum absolute atomic E-state index is 0.150. The van der Waals surface area contributed by atoms with E-state index in [0.717, 1.165) is 31.4 Å². The fourth-order valence-corrected chi connectivity index (χ4v) is 2.05. The first kappa shape index (κ1) is 17.2. The molecule has 0 aromatic heterocycles. The lowest BCUT2D eigenvalue weighted by atomic mass is 9.85. The molecule has 0 radical (unpaired) electrons. The van der Waals surface area contributed by atoms with Gasteiger partial charge in [-0.15, -0.1) is 0 Å². The molecule has 0 aliphatic heterocycles. The summed E-state index contributed by atoms with van der Waals surface area (Å²) in [5.74, 6) is -0.269. The number of carbonyl (C=O) groups excluding carboxylic acids is 1. The zero-order chi connectivity index (χ0) is 15.7. The molecule has 1 rings (SSSR count). The second kappa shape index (κ2) is 8.40. The van der Waals surface area contributed by atoms with Gasteiger partial charge in [-0.25, -0.2) is 4.79 Å². The van der Waals surface area contributed by atoms with Gasteiger partial charge in [0.1, 0.15) is 0 Å². The third kappa shape index (κ3) is 6.39. The maximum atomic E-state index is 11.9. The lowest BCUT2D eigenvalue weighted by molar-refractivity contribution is 0.0453. The van der Waals surface area contributed by atoms with Crippen molar-refractivity contribution in [3.8, 4) is 0 Å². The smallest absolute Gasteiger partial charge is 0.338 e. The highest BCUT2D eigenvalue weighted by molar-refractivity contribution is 5.89. The van der Waals surface area contributed by atoms with E-state index in [4.69, 9.17) is 4.74 Å². The second-order valence-corrected chi connectivity index (χ2v) is 5.93. The molecule has 0 unspecified atom stereocenters. The Balaban J connectivity index is 2.38. The maximum absolute atomic E-state index is 11.9. The van der Waals surface area contributed by atoms with Gasteiger partial charge in [0.2, 0.25) is 0 Å². The standard InChI is InChI=1S/C18H25NO2/c1-5-15-7-9-16(10-8-15)17(20)21-14-12-18(2,3)11-6-13-19-4/h5,7-10H,1,4,6,11-14H2,2-3H3. The summed E-state index contributed by atoms with van der Waals surface area (Å²) in [6.45, 7) is 12.8. The Labute approximate surface area is 127 Å². The van der Waals surface area contributed by atoms with Gasteiger partial charge in [-0.3, -0.25) is 0 Å². The Morgan fingerprint density at radius 3 is 2.52 bits per heavy atom. The van der Waals surface area contributed by atoms with Gasteiger partial charge in [0.15, 0.2) is 0 Å². The first-order chi connectivity index (χ1) is 9.98. The van der Waals surface area contributed by atoms with Crippen molar-refractivity contribution in [1.82, 2.24) is 0 Å². The number of rotatable bonds is 9. The summed E-state index contributed by atoms with van der Waals surface area (Å²) in [7, 11) is 0. The fraction of sp³-hybridized carbons (Fsp3) is 0.444. The van der Waals surface area contributed by atoms with Crippen LogP contribution in [-0.4, -0.2) is 25.8 Å². The molecular weight excluding hydrogens is 262 g/mol. The third-order valence-electron chi connectivity index (χ3n) is 3.56. The molecular formula is C18H25NO2. The molecule has 0 bridgehead atoms. The minimum atomic E-state index is -0.269. The maximum Gasteiger partial charge on any atom is 0.338 e. The van der Waals surface area contributed by atoms with Crippen molar-refractivity contribution in [3.05, 3.63) is 42.0 Å². The number of ether oxygens (including phenoxy) is 1. The average molecular weight is 287 g/mol. The number of carbonyl (C=O) groups is 1. The van der Waals surface area contributed by atoms with Gasteiger partial charge in [0, 0.05) is 6.54 Å². The Morgan fingerprint density at radius 1 is 1.29 bits per heavy atom. The SMILES string of the molecule is C=Cc1ccc(C(=O)OCCC(C)(C)CCCN=C)cc1. The van der Waals surface area contributed by atoms with Gasteiger partial charge < -0.3 is 9.73 Å². The van der Waals surface area contributed by atoms with E-state index in [1.54, 1.807) is 18.2 Å². The molecule has 1 aromatic carbocycles. The highest BCUT2D eigenvalue weighted by Crippen LogP contribution is 2.26. The lowest BCUT2D eigenvalue weighted by Gasteiger charge is -2.23. The van der Waals surface area contributed by atoms with Crippen molar-refractivity contribution >= 4 is 18.8 Å². The highest BCUT2D eigenvalue weighted by atomic mass is 16.5. The first-order valence-electron chi connectivity index (χ1n) is 7.30. The molecule has 0 amide bonds. The Hall–Kier alpha value is -1.90. The predicted octanol–water partition coefficient (Wildman–Crippen LogP) is 4.38. The zero-order valence-electron chi connectivity index (χ0n) is 13.1. The molecule has 0 fully saturated rings. The van der Waals surface area contributed by atoms with Crippen LogP contribution in [0.5, 0.6) is 0 Å². The molecule has 21 heavy (non-hydrogen) atoms. The average Bonchev–Trinajstić information content (AvgIpc) is 2.47. The van der Waals surface area contributed by atoms with E-state index in [1.165, 1.54) is 0 Å². The Bertz CT molecular complexity index is 474.